The first-order chi connectivity index (χ1) is 11.8. The van der Waals surface area contributed by atoms with Crippen molar-refractivity contribution in [1.82, 2.24) is 25.4 Å². The molecule has 0 spiro atoms. The monoisotopic (exact) mass is 331 g/mol. The van der Waals surface area contributed by atoms with Crippen LogP contribution in [0.3, 0.4) is 0 Å². The van der Waals surface area contributed by atoms with E-state index in [-0.39, 0.29) is 11.3 Å². The third-order valence-corrected chi connectivity index (χ3v) is 6.31. The van der Waals surface area contributed by atoms with Crippen molar-refractivity contribution in [2.24, 2.45) is 11.3 Å². The SMILES string of the molecule is O=C(NCCc1nnc2n1CCCCC2)[C@@]12CCCC[C@H]1CNC2. The van der Waals surface area contributed by atoms with E-state index in [1.165, 1.54) is 38.5 Å². The predicted octanol–water partition coefficient (Wildman–Crippen LogP) is 1.44. The molecular weight excluding hydrogens is 302 g/mol. The van der Waals surface area contributed by atoms with Crippen LogP contribution in [0.2, 0.25) is 0 Å². The average Bonchev–Trinajstić information content (AvgIpc) is 3.13. The van der Waals surface area contributed by atoms with Crippen molar-refractivity contribution in [3.05, 3.63) is 11.6 Å². The molecule has 1 aliphatic carbocycles. The van der Waals surface area contributed by atoms with Gasteiger partial charge in [-0.15, -0.1) is 10.2 Å². The molecule has 2 atom stereocenters. The number of rotatable bonds is 4. The lowest BCUT2D eigenvalue weighted by atomic mass is 9.67. The van der Waals surface area contributed by atoms with E-state index in [0.717, 1.165) is 50.5 Å². The molecular formula is C18H29N5O. The number of nitrogens with zero attached hydrogens (tertiary/aromatic N) is 3. The van der Waals surface area contributed by atoms with Gasteiger partial charge in [0.05, 0.1) is 5.41 Å². The Balaban J connectivity index is 1.36. The van der Waals surface area contributed by atoms with Gasteiger partial charge in [0.25, 0.3) is 0 Å². The van der Waals surface area contributed by atoms with Crippen molar-refractivity contribution < 1.29 is 4.79 Å². The molecule has 132 valence electrons. The molecule has 0 aromatic carbocycles. The second-order valence-corrected chi connectivity index (χ2v) is 7.73. The van der Waals surface area contributed by atoms with Crippen LogP contribution in [-0.4, -0.2) is 40.3 Å². The van der Waals surface area contributed by atoms with Gasteiger partial charge in [-0.1, -0.05) is 19.3 Å². The van der Waals surface area contributed by atoms with Crippen molar-refractivity contribution in [3.8, 4) is 0 Å². The predicted molar refractivity (Wildman–Crippen MR) is 91.6 cm³/mol. The number of fused-ring (bicyclic) bond motifs is 2. The molecule has 4 rings (SSSR count). The molecule has 1 aromatic heterocycles. The van der Waals surface area contributed by atoms with E-state index in [0.29, 0.717) is 12.5 Å². The summed E-state index contributed by atoms with van der Waals surface area (Å²) in [5.74, 6) is 2.94. The fourth-order valence-corrected chi connectivity index (χ4v) is 4.88. The van der Waals surface area contributed by atoms with Gasteiger partial charge in [0.15, 0.2) is 0 Å². The van der Waals surface area contributed by atoms with E-state index in [9.17, 15) is 4.79 Å². The van der Waals surface area contributed by atoms with Gasteiger partial charge in [0.1, 0.15) is 11.6 Å². The first-order valence-electron chi connectivity index (χ1n) is 9.69. The summed E-state index contributed by atoms with van der Waals surface area (Å²) < 4.78 is 2.28. The summed E-state index contributed by atoms with van der Waals surface area (Å²) in [6.45, 7) is 3.56. The summed E-state index contributed by atoms with van der Waals surface area (Å²) >= 11 is 0. The highest BCUT2D eigenvalue weighted by molar-refractivity contribution is 5.83. The number of hydrogen-bond acceptors (Lipinski definition) is 4. The van der Waals surface area contributed by atoms with E-state index in [4.69, 9.17) is 0 Å². The minimum absolute atomic E-state index is 0.153. The number of amides is 1. The molecule has 3 heterocycles. The molecule has 2 N–H and O–H groups in total. The summed E-state index contributed by atoms with van der Waals surface area (Å²) in [7, 11) is 0. The van der Waals surface area contributed by atoms with E-state index in [1.807, 2.05) is 0 Å². The molecule has 2 fully saturated rings. The van der Waals surface area contributed by atoms with Crippen LogP contribution in [0.1, 0.15) is 56.6 Å². The number of carbonyl (C=O) groups is 1. The first-order valence-corrected chi connectivity index (χ1v) is 9.69. The maximum atomic E-state index is 12.9. The van der Waals surface area contributed by atoms with Gasteiger partial charge < -0.3 is 15.2 Å². The molecule has 24 heavy (non-hydrogen) atoms. The van der Waals surface area contributed by atoms with Gasteiger partial charge in [-0.25, -0.2) is 0 Å². The van der Waals surface area contributed by atoms with Crippen LogP contribution >= 0.6 is 0 Å². The molecule has 2 aliphatic heterocycles. The minimum atomic E-state index is -0.153. The lowest BCUT2D eigenvalue weighted by Crippen LogP contribution is -2.48. The Kier molecular flexibility index (Phi) is 4.57. The van der Waals surface area contributed by atoms with Crippen LogP contribution in [0, 0.1) is 11.3 Å². The number of hydrogen-bond donors (Lipinski definition) is 2. The van der Waals surface area contributed by atoms with E-state index in [1.54, 1.807) is 0 Å². The van der Waals surface area contributed by atoms with Gasteiger partial charge in [0.2, 0.25) is 5.91 Å². The van der Waals surface area contributed by atoms with Gasteiger partial charge >= 0.3 is 0 Å². The molecule has 0 radical (unpaired) electrons. The topological polar surface area (TPSA) is 71.8 Å². The third kappa shape index (κ3) is 2.85. The Morgan fingerprint density at radius 1 is 1.25 bits per heavy atom. The van der Waals surface area contributed by atoms with E-state index < -0.39 is 0 Å². The second kappa shape index (κ2) is 6.82. The third-order valence-electron chi connectivity index (χ3n) is 6.31. The van der Waals surface area contributed by atoms with E-state index in [2.05, 4.69) is 25.4 Å². The molecule has 1 saturated heterocycles. The largest absolute Gasteiger partial charge is 0.355 e. The number of aryl methyl sites for hydroxylation is 1. The van der Waals surface area contributed by atoms with Crippen LogP contribution in [0.4, 0.5) is 0 Å². The maximum Gasteiger partial charge on any atom is 0.227 e. The lowest BCUT2D eigenvalue weighted by molar-refractivity contribution is -0.133. The molecule has 1 aromatic rings. The highest BCUT2D eigenvalue weighted by atomic mass is 16.2. The van der Waals surface area contributed by atoms with Crippen LogP contribution in [0.5, 0.6) is 0 Å². The molecule has 0 bridgehead atoms. The average molecular weight is 331 g/mol. The Morgan fingerprint density at radius 2 is 2.21 bits per heavy atom. The van der Waals surface area contributed by atoms with Gasteiger partial charge in [0, 0.05) is 32.5 Å². The zero-order valence-corrected chi connectivity index (χ0v) is 14.5. The minimum Gasteiger partial charge on any atom is -0.355 e. The number of aromatic nitrogens is 3. The molecule has 6 heteroatoms. The van der Waals surface area contributed by atoms with Crippen LogP contribution in [-0.2, 0) is 24.2 Å². The summed E-state index contributed by atoms with van der Waals surface area (Å²) in [6, 6.07) is 0. The lowest BCUT2D eigenvalue weighted by Gasteiger charge is -2.37. The molecule has 1 amide bonds. The zero-order valence-electron chi connectivity index (χ0n) is 14.5. The number of carbonyl (C=O) groups excluding carboxylic acids is 1. The van der Waals surface area contributed by atoms with Crippen molar-refractivity contribution in [2.45, 2.75) is 64.3 Å². The zero-order chi connectivity index (χ0) is 16.4. The molecule has 3 aliphatic rings. The molecule has 0 unspecified atom stereocenters. The molecule has 1 saturated carbocycles. The number of nitrogens with one attached hydrogen (secondary N) is 2. The Bertz CT molecular complexity index is 598. The van der Waals surface area contributed by atoms with Gasteiger partial charge in [-0.05, 0) is 38.1 Å². The summed E-state index contributed by atoms with van der Waals surface area (Å²) in [4.78, 5) is 12.9. The van der Waals surface area contributed by atoms with Crippen molar-refractivity contribution in [3.63, 3.8) is 0 Å². The quantitative estimate of drug-likeness (QED) is 0.876. The summed E-state index contributed by atoms with van der Waals surface area (Å²) in [6.07, 6.45) is 10.2. The Morgan fingerprint density at radius 3 is 3.17 bits per heavy atom. The normalized spacial score (nSPS) is 29.6. The first kappa shape index (κ1) is 16.1. The fraction of sp³-hybridized carbons (Fsp3) is 0.833. The van der Waals surface area contributed by atoms with Gasteiger partial charge in [-0.2, -0.15) is 0 Å². The Labute approximate surface area is 143 Å². The molecule has 6 nitrogen and oxygen atoms in total. The van der Waals surface area contributed by atoms with Crippen molar-refractivity contribution in [2.75, 3.05) is 19.6 Å². The summed E-state index contributed by atoms with van der Waals surface area (Å²) in [5.41, 5.74) is -0.153. The van der Waals surface area contributed by atoms with Crippen molar-refractivity contribution in [1.29, 1.82) is 0 Å². The smallest absolute Gasteiger partial charge is 0.227 e. The van der Waals surface area contributed by atoms with Crippen LogP contribution in [0.25, 0.3) is 0 Å². The second-order valence-electron chi connectivity index (χ2n) is 7.73. The Hall–Kier alpha value is -1.43. The van der Waals surface area contributed by atoms with Crippen LogP contribution in [0.15, 0.2) is 0 Å². The van der Waals surface area contributed by atoms with Gasteiger partial charge in [-0.3, -0.25) is 4.79 Å². The fourth-order valence-electron chi connectivity index (χ4n) is 4.88. The maximum absolute atomic E-state index is 12.9. The van der Waals surface area contributed by atoms with Crippen molar-refractivity contribution >= 4 is 5.91 Å². The van der Waals surface area contributed by atoms with E-state index >= 15 is 0 Å². The highest BCUT2D eigenvalue weighted by Gasteiger charge is 2.49. The standard InChI is InChI=1S/C18H29N5O/c24-17(18-9-4-3-6-14(18)12-19-13-18)20-10-8-16-22-21-15-7-2-1-5-11-23(15)16/h14,19H,1-13H2,(H,20,24)/t14-,18+/m0/s1. The van der Waals surface area contributed by atoms with Crippen LogP contribution < -0.4 is 10.6 Å². The highest BCUT2D eigenvalue weighted by Crippen LogP contribution is 2.43. The summed E-state index contributed by atoms with van der Waals surface area (Å²) in [5, 5.41) is 15.4.